The maximum atomic E-state index is 9.90. The van der Waals surface area contributed by atoms with Crippen LogP contribution in [0.15, 0.2) is 0 Å². The first-order chi connectivity index (χ1) is 5.54. The molecule has 0 unspecified atom stereocenters. The van der Waals surface area contributed by atoms with Crippen molar-refractivity contribution in [3.8, 4) is 0 Å². The molecule has 0 heterocycles. The zero-order valence-electron chi connectivity index (χ0n) is 8.24. The van der Waals surface area contributed by atoms with E-state index in [4.69, 9.17) is 25.5 Å². The van der Waals surface area contributed by atoms with Crippen molar-refractivity contribution >= 4 is 6.29 Å². The number of hydrogen-bond acceptors (Lipinski definition) is 6. The standard InChI is InChI=1S/C6H12O6.4H2O/c7-1-3(9)5(11)6(12)4(10)2-8;;;;/h1,3-6,8-12H,2H2;4*1H2/t3-,4+,5+,6+;;;;/m0..../s1. The van der Waals surface area contributed by atoms with Crippen LogP contribution in [0.2, 0.25) is 0 Å². The van der Waals surface area contributed by atoms with E-state index in [1.807, 2.05) is 0 Å². The highest BCUT2D eigenvalue weighted by atomic mass is 16.4. The van der Waals surface area contributed by atoms with E-state index in [-0.39, 0.29) is 28.2 Å². The van der Waals surface area contributed by atoms with Crippen molar-refractivity contribution in [1.29, 1.82) is 0 Å². The molecular weight excluding hydrogens is 232 g/mol. The Bertz CT molecular complexity index is 141. The minimum absolute atomic E-state index is 0. The van der Waals surface area contributed by atoms with Crippen LogP contribution >= 0.6 is 0 Å². The third kappa shape index (κ3) is 8.60. The fraction of sp³-hybridized carbons (Fsp3) is 0.833. The van der Waals surface area contributed by atoms with Gasteiger partial charge in [0, 0.05) is 0 Å². The molecule has 0 aliphatic heterocycles. The first kappa shape index (κ1) is 29.5. The van der Waals surface area contributed by atoms with Gasteiger partial charge in [-0.1, -0.05) is 0 Å². The molecule has 0 amide bonds. The summed E-state index contributed by atoms with van der Waals surface area (Å²) >= 11 is 0. The summed E-state index contributed by atoms with van der Waals surface area (Å²) in [6.45, 7) is -0.760. The smallest absolute Gasteiger partial charge is 0.151 e. The van der Waals surface area contributed by atoms with E-state index in [0.29, 0.717) is 0 Å². The van der Waals surface area contributed by atoms with Gasteiger partial charge in [0.2, 0.25) is 0 Å². The molecule has 104 valence electrons. The molecule has 10 heteroatoms. The Morgan fingerprint density at radius 3 is 1.50 bits per heavy atom. The molecule has 0 aromatic carbocycles. The second-order valence-corrected chi connectivity index (χ2v) is 2.36. The number of aliphatic hydroxyl groups is 5. The van der Waals surface area contributed by atoms with Crippen LogP contribution in [0.4, 0.5) is 0 Å². The Kier molecular flexibility index (Phi) is 26.4. The Labute approximate surface area is 90.6 Å². The molecule has 0 aliphatic rings. The van der Waals surface area contributed by atoms with Crippen molar-refractivity contribution in [1.82, 2.24) is 0 Å². The SMILES string of the molecule is O.O.O.O.O=C[C@H](O)[C@@H](O)[C@H](O)[C@H](O)CO. The fourth-order valence-electron chi connectivity index (χ4n) is 0.618. The van der Waals surface area contributed by atoms with E-state index in [1.54, 1.807) is 0 Å². The lowest BCUT2D eigenvalue weighted by atomic mass is 10.0. The first-order valence-corrected chi connectivity index (χ1v) is 3.33. The van der Waals surface area contributed by atoms with Gasteiger partial charge in [0.05, 0.1) is 6.61 Å². The highest BCUT2D eigenvalue weighted by molar-refractivity contribution is 5.56. The van der Waals surface area contributed by atoms with Crippen molar-refractivity contribution in [2.45, 2.75) is 24.4 Å². The zero-order valence-corrected chi connectivity index (χ0v) is 8.24. The molecule has 0 saturated carbocycles. The molecule has 0 radical (unpaired) electrons. The Balaban J connectivity index is -0.000000101. The molecule has 10 nitrogen and oxygen atoms in total. The molecule has 16 heavy (non-hydrogen) atoms. The van der Waals surface area contributed by atoms with Gasteiger partial charge in [-0.2, -0.15) is 0 Å². The topological polar surface area (TPSA) is 244 Å². The second kappa shape index (κ2) is 14.3. The van der Waals surface area contributed by atoms with Crippen LogP contribution in [0.5, 0.6) is 0 Å². The number of aliphatic hydroxyl groups excluding tert-OH is 5. The molecule has 13 N–H and O–H groups in total. The predicted molar refractivity (Wildman–Crippen MR) is 51.6 cm³/mol. The van der Waals surface area contributed by atoms with Gasteiger partial charge >= 0.3 is 0 Å². The number of rotatable bonds is 5. The maximum absolute atomic E-state index is 9.90. The number of aldehydes is 1. The first-order valence-electron chi connectivity index (χ1n) is 3.33. The highest BCUT2D eigenvalue weighted by Crippen LogP contribution is 2.02. The molecule has 0 spiro atoms. The molecule has 0 rings (SSSR count). The van der Waals surface area contributed by atoms with Crippen molar-refractivity contribution in [2.24, 2.45) is 0 Å². The molecule has 4 atom stereocenters. The average molecular weight is 252 g/mol. The summed E-state index contributed by atoms with van der Waals surface area (Å²) in [5.41, 5.74) is 0. The van der Waals surface area contributed by atoms with Gasteiger partial charge in [-0.15, -0.1) is 0 Å². The van der Waals surface area contributed by atoms with Crippen LogP contribution in [0.3, 0.4) is 0 Å². The number of carbonyl (C=O) groups is 1. The van der Waals surface area contributed by atoms with Crippen LogP contribution in [0, 0.1) is 0 Å². The van der Waals surface area contributed by atoms with E-state index < -0.39 is 31.0 Å². The summed E-state index contributed by atoms with van der Waals surface area (Å²) < 4.78 is 0. The molecule has 0 fully saturated rings. The predicted octanol–water partition coefficient (Wildman–Crippen LogP) is -6.68. The van der Waals surface area contributed by atoms with Crippen LogP contribution < -0.4 is 0 Å². The normalized spacial score (nSPS) is 15.8. The largest absolute Gasteiger partial charge is 0.412 e. The molecular formula is C6H20O10. The van der Waals surface area contributed by atoms with Gasteiger partial charge in [0.1, 0.15) is 24.4 Å². The average Bonchev–Trinajstić information content (AvgIpc) is 2.12. The van der Waals surface area contributed by atoms with Crippen molar-refractivity contribution in [3.05, 3.63) is 0 Å². The lowest BCUT2D eigenvalue weighted by Crippen LogP contribution is -2.46. The molecule has 0 aliphatic carbocycles. The molecule has 0 aromatic rings. The Hall–Kier alpha value is -0.690. The third-order valence-corrected chi connectivity index (χ3v) is 1.42. The van der Waals surface area contributed by atoms with Gasteiger partial charge in [0.25, 0.3) is 0 Å². The van der Waals surface area contributed by atoms with Gasteiger partial charge in [-0.3, -0.25) is 0 Å². The third-order valence-electron chi connectivity index (χ3n) is 1.42. The Morgan fingerprint density at radius 2 is 1.25 bits per heavy atom. The van der Waals surface area contributed by atoms with E-state index in [9.17, 15) is 4.79 Å². The monoisotopic (exact) mass is 252 g/mol. The quantitative estimate of drug-likeness (QED) is 0.297. The van der Waals surface area contributed by atoms with E-state index in [0.717, 1.165) is 0 Å². The van der Waals surface area contributed by atoms with Gasteiger partial charge < -0.3 is 52.2 Å². The number of carbonyl (C=O) groups excluding carboxylic acids is 1. The van der Waals surface area contributed by atoms with E-state index >= 15 is 0 Å². The minimum Gasteiger partial charge on any atom is -0.412 e. The van der Waals surface area contributed by atoms with Crippen molar-refractivity contribution < 1.29 is 52.2 Å². The summed E-state index contributed by atoms with van der Waals surface area (Å²) in [4.78, 5) is 9.90. The van der Waals surface area contributed by atoms with E-state index in [1.165, 1.54) is 0 Å². The zero-order chi connectivity index (χ0) is 9.72. The summed E-state index contributed by atoms with van der Waals surface area (Å²) in [7, 11) is 0. The Morgan fingerprint density at radius 1 is 0.875 bits per heavy atom. The lowest BCUT2D eigenvalue weighted by Gasteiger charge is -2.22. The number of hydrogen-bond donors (Lipinski definition) is 5. The van der Waals surface area contributed by atoms with Crippen molar-refractivity contribution in [3.63, 3.8) is 0 Å². The molecule has 0 aromatic heterocycles. The molecule has 0 saturated heterocycles. The van der Waals surface area contributed by atoms with Crippen molar-refractivity contribution in [2.75, 3.05) is 6.61 Å². The lowest BCUT2D eigenvalue weighted by molar-refractivity contribution is -0.136. The maximum Gasteiger partial charge on any atom is 0.151 e. The van der Waals surface area contributed by atoms with Crippen LogP contribution in [0.25, 0.3) is 0 Å². The van der Waals surface area contributed by atoms with Gasteiger partial charge in [-0.05, 0) is 0 Å². The summed E-state index contributed by atoms with van der Waals surface area (Å²) in [6.07, 6.45) is -6.84. The van der Waals surface area contributed by atoms with Gasteiger partial charge in [0.15, 0.2) is 6.29 Å². The summed E-state index contributed by atoms with van der Waals surface area (Å²) in [5, 5.41) is 43.5. The summed E-state index contributed by atoms with van der Waals surface area (Å²) in [6, 6.07) is 0. The van der Waals surface area contributed by atoms with Gasteiger partial charge in [-0.25, -0.2) is 0 Å². The minimum atomic E-state index is -1.79. The summed E-state index contributed by atoms with van der Waals surface area (Å²) in [5.74, 6) is 0. The highest BCUT2D eigenvalue weighted by Gasteiger charge is 2.29. The fourth-order valence-corrected chi connectivity index (χ4v) is 0.618. The van der Waals surface area contributed by atoms with E-state index in [2.05, 4.69) is 0 Å². The van der Waals surface area contributed by atoms with Crippen LogP contribution in [-0.2, 0) is 4.79 Å². The van der Waals surface area contributed by atoms with Crippen LogP contribution in [0.1, 0.15) is 0 Å². The molecule has 0 bridgehead atoms. The van der Waals surface area contributed by atoms with Crippen LogP contribution in [-0.4, -0.2) is 84.7 Å². The second-order valence-electron chi connectivity index (χ2n) is 2.36.